The van der Waals surface area contributed by atoms with Gasteiger partial charge >= 0.3 is 0 Å². The molecule has 0 aliphatic rings. The van der Waals surface area contributed by atoms with E-state index < -0.39 is 6.10 Å². The Balaban J connectivity index is 2.43. The highest BCUT2D eigenvalue weighted by Gasteiger charge is 2.21. The largest absolute Gasteiger partial charge is 0.380 e. The summed E-state index contributed by atoms with van der Waals surface area (Å²) in [5.74, 6) is 0. The molecule has 4 nitrogen and oxygen atoms in total. The van der Waals surface area contributed by atoms with Crippen LogP contribution in [0, 0.1) is 0 Å². The molecule has 2 rings (SSSR count). The quantitative estimate of drug-likeness (QED) is 0.912. The fraction of sp³-hybridized carbons (Fsp3) is 0.333. The summed E-state index contributed by atoms with van der Waals surface area (Å²) in [4.78, 5) is 4.13. The van der Waals surface area contributed by atoms with Crippen LogP contribution in [0.15, 0.2) is 30.6 Å². The minimum absolute atomic E-state index is 0.135. The van der Waals surface area contributed by atoms with Crippen LogP contribution in [0.2, 0.25) is 5.02 Å². The average molecular weight is 252 g/mol. The molecule has 2 aromatic rings. The van der Waals surface area contributed by atoms with Gasteiger partial charge in [0.2, 0.25) is 0 Å². The maximum absolute atomic E-state index is 10.3. The SMILES string of the molecule is CC(C)n1ncc(Cl)c1C(O)c1ccccn1. The fourth-order valence-electron chi connectivity index (χ4n) is 1.70. The van der Waals surface area contributed by atoms with E-state index in [9.17, 15) is 5.11 Å². The zero-order valence-corrected chi connectivity index (χ0v) is 10.5. The first kappa shape index (κ1) is 12.1. The van der Waals surface area contributed by atoms with Crippen molar-refractivity contribution in [1.82, 2.24) is 14.8 Å². The van der Waals surface area contributed by atoms with Gasteiger partial charge in [-0.1, -0.05) is 17.7 Å². The number of aromatic nitrogens is 3. The lowest BCUT2D eigenvalue weighted by Gasteiger charge is -2.16. The molecule has 2 aromatic heterocycles. The lowest BCUT2D eigenvalue weighted by atomic mass is 10.1. The number of hydrogen-bond acceptors (Lipinski definition) is 3. The molecule has 1 atom stereocenters. The third-order valence-electron chi connectivity index (χ3n) is 2.50. The van der Waals surface area contributed by atoms with E-state index in [0.717, 1.165) is 0 Å². The smallest absolute Gasteiger partial charge is 0.139 e. The second kappa shape index (κ2) is 4.85. The second-order valence-corrected chi connectivity index (χ2v) is 4.48. The molecule has 0 fully saturated rings. The molecule has 0 spiro atoms. The standard InChI is InChI=1S/C12H14ClN3O/c1-8(2)16-11(9(13)7-15-16)12(17)10-5-3-4-6-14-10/h3-8,12,17H,1-2H3. The molecular formula is C12H14ClN3O. The van der Waals surface area contributed by atoms with E-state index in [1.165, 1.54) is 0 Å². The summed E-state index contributed by atoms with van der Waals surface area (Å²) in [6, 6.07) is 5.53. The lowest BCUT2D eigenvalue weighted by molar-refractivity contribution is 0.200. The van der Waals surface area contributed by atoms with E-state index in [1.807, 2.05) is 19.9 Å². The van der Waals surface area contributed by atoms with Crippen molar-refractivity contribution < 1.29 is 5.11 Å². The topological polar surface area (TPSA) is 50.9 Å². The van der Waals surface area contributed by atoms with Crippen molar-refractivity contribution in [1.29, 1.82) is 0 Å². The maximum Gasteiger partial charge on any atom is 0.139 e. The number of pyridine rings is 1. The van der Waals surface area contributed by atoms with Gasteiger partial charge in [-0.3, -0.25) is 9.67 Å². The van der Waals surface area contributed by atoms with Gasteiger partial charge in [0.05, 0.1) is 22.6 Å². The molecule has 5 heteroatoms. The van der Waals surface area contributed by atoms with Gasteiger partial charge in [0.25, 0.3) is 0 Å². The molecule has 90 valence electrons. The van der Waals surface area contributed by atoms with Gasteiger partial charge in [-0.15, -0.1) is 0 Å². The van der Waals surface area contributed by atoms with Crippen molar-refractivity contribution in [2.45, 2.75) is 26.0 Å². The predicted octanol–water partition coefficient (Wildman–Crippen LogP) is 2.59. The van der Waals surface area contributed by atoms with Crippen LogP contribution in [0.3, 0.4) is 0 Å². The van der Waals surface area contributed by atoms with E-state index in [4.69, 9.17) is 11.6 Å². The molecule has 0 amide bonds. The van der Waals surface area contributed by atoms with E-state index in [-0.39, 0.29) is 6.04 Å². The van der Waals surface area contributed by atoms with Gasteiger partial charge in [-0.2, -0.15) is 5.10 Å². The molecule has 0 aliphatic carbocycles. The van der Waals surface area contributed by atoms with Gasteiger partial charge in [0.1, 0.15) is 6.10 Å². The van der Waals surface area contributed by atoms with Crippen LogP contribution >= 0.6 is 11.6 Å². The van der Waals surface area contributed by atoms with Crippen molar-refractivity contribution in [2.24, 2.45) is 0 Å². The van der Waals surface area contributed by atoms with E-state index >= 15 is 0 Å². The molecule has 1 N–H and O–H groups in total. The van der Waals surface area contributed by atoms with Crippen LogP contribution in [-0.4, -0.2) is 19.9 Å². The third kappa shape index (κ3) is 2.33. The van der Waals surface area contributed by atoms with E-state index in [0.29, 0.717) is 16.4 Å². The van der Waals surface area contributed by atoms with Crippen molar-refractivity contribution in [3.8, 4) is 0 Å². The highest BCUT2D eigenvalue weighted by atomic mass is 35.5. The van der Waals surface area contributed by atoms with Gasteiger partial charge in [-0.25, -0.2) is 0 Å². The minimum atomic E-state index is -0.853. The van der Waals surface area contributed by atoms with Crippen molar-refractivity contribution in [3.63, 3.8) is 0 Å². The number of aliphatic hydroxyl groups is 1. The lowest BCUT2D eigenvalue weighted by Crippen LogP contribution is -2.13. The van der Waals surface area contributed by atoms with E-state index in [2.05, 4.69) is 10.1 Å². The van der Waals surface area contributed by atoms with Gasteiger partial charge in [0, 0.05) is 12.2 Å². The van der Waals surface area contributed by atoms with Crippen LogP contribution in [0.1, 0.15) is 37.4 Å². The maximum atomic E-state index is 10.3. The fourth-order valence-corrected chi connectivity index (χ4v) is 1.93. The molecule has 17 heavy (non-hydrogen) atoms. The Morgan fingerprint density at radius 2 is 2.12 bits per heavy atom. The monoisotopic (exact) mass is 251 g/mol. The summed E-state index contributed by atoms with van der Waals surface area (Å²) in [5, 5.41) is 14.9. The summed E-state index contributed by atoms with van der Waals surface area (Å²) >= 11 is 6.06. The molecule has 1 unspecified atom stereocenters. The molecule has 0 saturated heterocycles. The molecule has 0 saturated carbocycles. The first-order chi connectivity index (χ1) is 8.11. The first-order valence-corrected chi connectivity index (χ1v) is 5.81. The van der Waals surface area contributed by atoms with Crippen LogP contribution < -0.4 is 0 Å². The molecule has 0 radical (unpaired) electrons. The van der Waals surface area contributed by atoms with Crippen molar-refractivity contribution >= 4 is 11.6 Å². The number of rotatable bonds is 3. The van der Waals surface area contributed by atoms with Crippen LogP contribution in [0.5, 0.6) is 0 Å². The Hall–Kier alpha value is -1.39. The third-order valence-corrected chi connectivity index (χ3v) is 2.79. The van der Waals surface area contributed by atoms with Crippen LogP contribution in [0.4, 0.5) is 0 Å². The number of hydrogen-bond donors (Lipinski definition) is 1. The Morgan fingerprint density at radius 1 is 1.35 bits per heavy atom. The molecule has 0 bridgehead atoms. The Bertz CT molecular complexity index is 496. The van der Waals surface area contributed by atoms with Gasteiger partial charge in [-0.05, 0) is 26.0 Å². The second-order valence-electron chi connectivity index (χ2n) is 4.07. The van der Waals surface area contributed by atoms with Crippen molar-refractivity contribution in [2.75, 3.05) is 0 Å². The zero-order chi connectivity index (χ0) is 12.4. The number of halogens is 1. The zero-order valence-electron chi connectivity index (χ0n) is 9.71. The Labute approximate surface area is 105 Å². The summed E-state index contributed by atoms with van der Waals surface area (Å²) in [6.07, 6.45) is 2.33. The normalized spacial score (nSPS) is 13.0. The van der Waals surface area contributed by atoms with E-state index in [1.54, 1.807) is 29.2 Å². The number of nitrogens with zero attached hydrogens (tertiary/aromatic N) is 3. The molecular weight excluding hydrogens is 238 g/mol. The highest BCUT2D eigenvalue weighted by Crippen LogP contribution is 2.28. The van der Waals surface area contributed by atoms with Crippen LogP contribution in [0.25, 0.3) is 0 Å². The Kier molecular flexibility index (Phi) is 3.45. The molecule has 0 aromatic carbocycles. The van der Waals surface area contributed by atoms with Crippen LogP contribution in [-0.2, 0) is 0 Å². The number of aliphatic hydroxyl groups excluding tert-OH is 1. The average Bonchev–Trinajstić information content (AvgIpc) is 2.71. The first-order valence-electron chi connectivity index (χ1n) is 5.43. The van der Waals surface area contributed by atoms with Crippen molar-refractivity contribution in [3.05, 3.63) is 47.0 Å². The summed E-state index contributed by atoms with van der Waals surface area (Å²) < 4.78 is 1.71. The summed E-state index contributed by atoms with van der Waals surface area (Å²) in [5.41, 5.74) is 1.15. The molecule has 2 heterocycles. The minimum Gasteiger partial charge on any atom is -0.380 e. The molecule has 0 aliphatic heterocycles. The summed E-state index contributed by atoms with van der Waals surface area (Å²) in [7, 11) is 0. The predicted molar refractivity (Wildman–Crippen MR) is 65.9 cm³/mol. The van der Waals surface area contributed by atoms with Gasteiger partial charge in [0.15, 0.2) is 0 Å². The Morgan fingerprint density at radius 3 is 2.71 bits per heavy atom. The van der Waals surface area contributed by atoms with Gasteiger partial charge < -0.3 is 5.11 Å². The summed E-state index contributed by atoms with van der Waals surface area (Å²) in [6.45, 7) is 3.97. The highest BCUT2D eigenvalue weighted by molar-refractivity contribution is 6.31.